The molecule has 0 saturated heterocycles. The van der Waals surface area contributed by atoms with E-state index in [0.717, 1.165) is 25.1 Å². The van der Waals surface area contributed by atoms with Crippen LogP contribution in [0.25, 0.3) is 5.57 Å². The summed E-state index contributed by atoms with van der Waals surface area (Å²) >= 11 is 0. The molecule has 1 aliphatic rings. The van der Waals surface area contributed by atoms with E-state index in [1.807, 2.05) is 25.1 Å². The van der Waals surface area contributed by atoms with Crippen molar-refractivity contribution in [1.82, 2.24) is 5.16 Å². The molecule has 33 heavy (non-hydrogen) atoms. The molecule has 6 nitrogen and oxygen atoms in total. The summed E-state index contributed by atoms with van der Waals surface area (Å²) in [6.45, 7) is 12.9. The van der Waals surface area contributed by atoms with Gasteiger partial charge in [-0.3, -0.25) is 4.79 Å². The van der Waals surface area contributed by atoms with Crippen LogP contribution in [0.15, 0.2) is 66.2 Å². The van der Waals surface area contributed by atoms with Gasteiger partial charge in [0.25, 0.3) is 0 Å². The highest BCUT2D eigenvalue weighted by atomic mass is 16.5. The quantitative estimate of drug-likeness (QED) is 0.311. The van der Waals surface area contributed by atoms with Crippen LogP contribution in [0.1, 0.15) is 43.7 Å². The van der Waals surface area contributed by atoms with Gasteiger partial charge >= 0.3 is 5.97 Å². The van der Waals surface area contributed by atoms with Crippen molar-refractivity contribution in [1.29, 1.82) is 0 Å². The van der Waals surface area contributed by atoms with Crippen molar-refractivity contribution >= 4 is 17.2 Å². The molecule has 178 valence electrons. The van der Waals surface area contributed by atoms with E-state index in [1.165, 1.54) is 16.8 Å². The van der Waals surface area contributed by atoms with Gasteiger partial charge < -0.3 is 19.3 Å². The lowest BCUT2D eigenvalue weighted by Gasteiger charge is -2.09. The average molecular weight is 453 g/mol. The number of ether oxygens (including phenoxy) is 1. The number of aryl methyl sites for hydroxylation is 1. The number of carboxylic acids is 1. The second-order valence-corrected chi connectivity index (χ2v) is 6.97. The summed E-state index contributed by atoms with van der Waals surface area (Å²) in [6.07, 6.45) is 15.5. The minimum atomic E-state index is -0.862. The van der Waals surface area contributed by atoms with E-state index in [-0.39, 0.29) is 19.6 Å². The maximum absolute atomic E-state index is 10.2. The highest BCUT2D eigenvalue weighted by Crippen LogP contribution is 2.32. The molecule has 0 amide bonds. The van der Waals surface area contributed by atoms with Crippen LogP contribution < -0.4 is 4.90 Å². The second-order valence-electron chi connectivity index (χ2n) is 6.97. The molecule has 2 heterocycles. The number of hydrogen-bond donors (Lipinski definition) is 1. The zero-order valence-corrected chi connectivity index (χ0v) is 20.0. The van der Waals surface area contributed by atoms with Crippen molar-refractivity contribution in [3.8, 4) is 12.8 Å². The zero-order valence-electron chi connectivity index (χ0n) is 20.0. The van der Waals surface area contributed by atoms with Gasteiger partial charge in [0, 0.05) is 30.9 Å². The molecule has 0 unspecified atom stereocenters. The fourth-order valence-electron chi connectivity index (χ4n) is 2.83. The first-order chi connectivity index (χ1) is 15.9. The first-order valence-electron chi connectivity index (χ1n) is 10.7. The van der Waals surface area contributed by atoms with Crippen LogP contribution in [0.2, 0.25) is 0 Å². The van der Waals surface area contributed by atoms with E-state index in [1.54, 1.807) is 6.08 Å². The van der Waals surface area contributed by atoms with Crippen molar-refractivity contribution in [2.45, 2.75) is 39.7 Å². The Hall–Kier alpha value is -3.56. The first-order valence-corrected chi connectivity index (χ1v) is 10.7. The van der Waals surface area contributed by atoms with Crippen LogP contribution in [0.5, 0.6) is 0 Å². The van der Waals surface area contributed by atoms with E-state index in [4.69, 9.17) is 14.4 Å². The third kappa shape index (κ3) is 12.2. The Morgan fingerprint density at radius 1 is 1.36 bits per heavy atom. The van der Waals surface area contributed by atoms with E-state index in [2.05, 4.69) is 74.3 Å². The van der Waals surface area contributed by atoms with Gasteiger partial charge in [0.05, 0.1) is 18.7 Å². The summed E-state index contributed by atoms with van der Waals surface area (Å²) in [7, 11) is 2.09. The normalized spacial score (nSPS) is 11.3. The van der Waals surface area contributed by atoms with Gasteiger partial charge in [0.15, 0.2) is 5.76 Å². The number of carbonyl (C=O) groups is 1. The standard InChI is InChI=1S/C10H15NO4.C10H11N.C5H8.C2H2/c1-2-3-8-6-9(15-11-8)7-14-5-4-10(12)13;1-8-7-11(2)10-6-4-3-5-9(8)10;1-3-5-4-2;1-2/h6H,2-5,7H2,1H3,(H,12,13);3-6H,1,7H2,2H3;3-5H,1H2,2H3;1-2H/b;;5-4-;. The van der Waals surface area contributed by atoms with Crippen molar-refractivity contribution in [2.24, 2.45) is 0 Å². The molecule has 0 spiro atoms. The summed E-state index contributed by atoms with van der Waals surface area (Å²) in [4.78, 5) is 12.4. The lowest BCUT2D eigenvalue weighted by Crippen LogP contribution is -2.11. The summed E-state index contributed by atoms with van der Waals surface area (Å²) in [5.74, 6) is -0.219. The number of para-hydroxylation sites is 1. The minimum Gasteiger partial charge on any atom is -0.481 e. The summed E-state index contributed by atoms with van der Waals surface area (Å²) in [6, 6.07) is 10.2. The second kappa shape index (κ2) is 18.1. The number of rotatable bonds is 8. The molecule has 6 heteroatoms. The number of carboxylic acid groups (broad SMARTS) is 1. The number of terminal acetylenes is 1. The number of aromatic nitrogens is 1. The molecule has 1 N–H and O–H groups in total. The lowest BCUT2D eigenvalue weighted by molar-refractivity contribution is -0.138. The van der Waals surface area contributed by atoms with Gasteiger partial charge in [0.2, 0.25) is 0 Å². The maximum Gasteiger partial charge on any atom is 0.305 e. The summed E-state index contributed by atoms with van der Waals surface area (Å²) in [5.41, 5.74) is 4.74. The van der Waals surface area contributed by atoms with Crippen LogP contribution in [-0.4, -0.2) is 36.4 Å². The first kappa shape index (κ1) is 29.4. The molecule has 0 fully saturated rings. The van der Waals surface area contributed by atoms with Crippen LogP contribution in [0, 0.1) is 12.8 Å². The number of allylic oxidation sites excluding steroid dienone is 3. The number of aliphatic carboxylic acids is 1. The number of fused-ring (bicyclic) bond motifs is 1. The van der Waals surface area contributed by atoms with E-state index < -0.39 is 5.97 Å². The number of benzene rings is 1. The third-order valence-electron chi connectivity index (χ3n) is 4.27. The number of hydrogen-bond acceptors (Lipinski definition) is 5. The molecular formula is C27H36N2O4. The van der Waals surface area contributed by atoms with Crippen LogP contribution in [0.3, 0.4) is 0 Å². The Kier molecular flexibility index (Phi) is 16.1. The fraction of sp³-hybridized carbons (Fsp3) is 0.333. The van der Waals surface area contributed by atoms with Gasteiger partial charge in [-0.25, -0.2) is 0 Å². The van der Waals surface area contributed by atoms with Gasteiger partial charge in [0.1, 0.15) is 6.61 Å². The highest BCUT2D eigenvalue weighted by Gasteiger charge is 2.17. The fourth-order valence-corrected chi connectivity index (χ4v) is 2.83. The largest absolute Gasteiger partial charge is 0.481 e. The van der Waals surface area contributed by atoms with E-state index >= 15 is 0 Å². The number of likely N-dealkylation sites (N-methyl/N-ethyl adjacent to an activating group) is 1. The highest BCUT2D eigenvalue weighted by molar-refractivity contribution is 5.83. The Bertz CT molecular complexity index is 896. The van der Waals surface area contributed by atoms with Crippen molar-refractivity contribution < 1.29 is 19.2 Å². The predicted octanol–water partition coefficient (Wildman–Crippen LogP) is 5.77. The Labute approximate surface area is 198 Å². The molecule has 0 radical (unpaired) electrons. The van der Waals surface area contributed by atoms with Crippen LogP contribution in [0.4, 0.5) is 5.69 Å². The Balaban J connectivity index is 0.000000497. The molecule has 1 aliphatic heterocycles. The van der Waals surface area contributed by atoms with Gasteiger partial charge in [-0.05, 0) is 25.0 Å². The van der Waals surface area contributed by atoms with E-state index in [9.17, 15) is 4.79 Å². The van der Waals surface area contributed by atoms with Crippen molar-refractivity contribution in [3.63, 3.8) is 0 Å². The van der Waals surface area contributed by atoms with Gasteiger partial charge in [-0.1, -0.05) is 68.1 Å². The Morgan fingerprint density at radius 2 is 2.06 bits per heavy atom. The average Bonchev–Trinajstić information content (AvgIpc) is 3.38. The summed E-state index contributed by atoms with van der Waals surface area (Å²) in [5, 5.41) is 12.2. The maximum atomic E-state index is 10.2. The third-order valence-corrected chi connectivity index (χ3v) is 4.27. The molecule has 2 aromatic rings. The predicted molar refractivity (Wildman–Crippen MR) is 136 cm³/mol. The minimum absolute atomic E-state index is 0.00988. The molecule has 0 atom stereocenters. The SMILES string of the molecule is C#C.C=C/C=C\C.C=C1CN(C)c2ccccc21.CCCc1cc(COCCC(=O)O)on1. The van der Waals surface area contributed by atoms with E-state index in [0.29, 0.717) is 5.76 Å². The molecule has 1 aromatic carbocycles. The summed E-state index contributed by atoms with van der Waals surface area (Å²) < 4.78 is 10.1. The van der Waals surface area contributed by atoms with Gasteiger partial charge in [-0.15, -0.1) is 12.8 Å². The number of anilines is 1. The Morgan fingerprint density at radius 3 is 2.61 bits per heavy atom. The zero-order chi connectivity index (χ0) is 25.1. The molecule has 3 rings (SSSR count). The molecule has 0 bridgehead atoms. The van der Waals surface area contributed by atoms with Crippen LogP contribution in [-0.2, 0) is 22.6 Å². The van der Waals surface area contributed by atoms with Crippen molar-refractivity contribution in [3.05, 3.63) is 78.7 Å². The molecular weight excluding hydrogens is 416 g/mol. The number of nitrogens with zero attached hydrogens (tertiary/aromatic N) is 2. The molecule has 1 aromatic heterocycles. The van der Waals surface area contributed by atoms with Crippen LogP contribution >= 0.6 is 0 Å². The topological polar surface area (TPSA) is 75.8 Å². The van der Waals surface area contributed by atoms with Gasteiger partial charge in [-0.2, -0.15) is 0 Å². The monoisotopic (exact) mass is 452 g/mol. The molecule has 0 saturated carbocycles. The van der Waals surface area contributed by atoms with Crippen molar-refractivity contribution in [2.75, 3.05) is 25.1 Å². The lowest BCUT2D eigenvalue weighted by atomic mass is 10.1. The smallest absolute Gasteiger partial charge is 0.305 e. The molecule has 0 aliphatic carbocycles.